The van der Waals surface area contributed by atoms with Crippen molar-refractivity contribution in [1.82, 2.24) is 15.1 Å². The Morgan fingerprint density at radius 1 is 1.05 bits per heavy atom. The molecule has 1 saturated heterocycles. The summed E-state index contributed by atoms with van der Waals surface area (Å²) in [5.41, 5.74) is 0.420. The van der Waals surface area contributed by atoms with E-state index in [1.165, 1.54) is 36.5 Å². The van der Waals surface area contributed by atoms with Crippen LogP contribution in [0.1, 0.15) is 32.6 Å². The van der Waals surface area contributed by atoms with E-state index < -0.39 is 28.9 Å². The third kappa shape index (κ3) is 5.27. The van der Waals surface area contributed by atoms with Crippen LogP contribution in [-0.2, 0) is 23.9 Å². The number of imide groups is 1. The Kier molecular flexibility index (Phi) is 6.96. The first-order valence-electron chi connectivity index (χ1n) is 11.4. The summed E-state index contributed by atoms with van der Waals surface area (Å²) in [7, 11) is 0. The van der Waals surface area contributed by atoms with Gasteiger partial charge in [0.05, 0.1) is 34.3 Å². The van der Waals surface area contributed by atoms with Crippen LogP contribution in [0, 0.1) is 0 Å². The van der Waals surface area contributed by atoms with Gasteiger partial charge in [0.1, 0.15) is 0 Å². The third-order valence-electron chi connectivity index (χ3n) is 6.23. The quantitative estimate of drug-likeness (QED) is 0.247. The number of nitrogens with zero attached hydrogens (tertiary/aromatic N) is 2. The molecular formula is C27H17ClF3N3O4S. The van der Waals surface area contributed by atoms with Gasteiger partial charge < -0.3 is 5.11 Å². The molecule has 12 heteroatoms. The van der Waals surface area contributed by atoms with E-state index in [0.29, 0.717) is 28.2 Å². The molecule has 1 aromatic heterocycles. The average molecular weight is 572 g/mol. The van der Waals surface area contributed by atoms with Gasteiger partial charge in [0.25, 0.3) is 11.1 Å². The Labute approximate surface area is 228 Å². The zero-order valence-electron chi connectivity index (χ0n) is 19.8. The Hall–Kier alpha value is -4.09. The highest BCUT2D eigenvalue weighted by Crippen LogP contribution is 2.42. The molecule has 3 aromatic carbocycles. The van der Waals surface area contributed by atoms with E-state index in [2.05, 4.69) is 10.2 Å². The standard InChI is InChI=1S/C27H17ClF3N3O4S/c28-18-7-5-15(21(11-18)27(29,30)31)10-20(14-6-8-22-17(9-14)12-32-33-22)23-24(35)34(26(38)39-23)13-16-3-1-2-4-19(16)25(36)37/h1-9,11-12H,10,13H2,(H,32,33)(H,36,37)/b23-20-. The van der Waals surface area contributed by atoms with E-state index in [9.17, 15) is 32.7 Å². The second-order valence-electron chi connectivity index (χ2n) is 8.68. The Morgan fingerprint density at radius 2 is 1.82 bits per heavy atom. The third-order valence-corrected chi connectivity index (χ3v) is 7.49. The van der Waals surface area contributed by atoms with Gasteiger partial charge in [-0.1, -0.05) is 41.9 Å². The van der Waals surface area contributed by atoms with Crippen LogP contribution in [-0.4, -0.2) is 37.3 Å². The number of carboxylic acid groups (broad SMARTS) is 1. The van der Waals surface area contributed by atoms with Gasteiger partial charge in [-0.3, -0.25) is 19.6 Å². The SMILES string of the molecule is O=C(O)c1ccccc1CN1C(=O)S/C(=C(/Cc2ccc(Cl)cc2C(F)(F)F)c2ccc3[nH]ncc3c2)C1=O. The number of rotatable bonds is 6. The van der Waals surface area contributed by atoms with Gasteiger partial charge >= 0.3 is 12.1 Å². The Morgan fingerprint density at radius 3 is 2.56 bits per heavy atom. The number of aromatic carboxylic acids is 1. The molecule has 1 aliphatic heterocycles. The molecule has 5 rings (SSSR count). The summed E-state index contributed by atoms with van der Waals surface area (Å²) in [6.07, 6.45) is -3.50. The summed E-state index contributed by atoms with van der Waals surface area (Å²) in [6, 6.07) is 14.3. The summed E-state index contributed by atoms with van der Waals surface area (Å²) in [4.78, 5) is 39.0. The lowest BCUT2D eigenvalue weighted by molar-refractivity contribution is -0.138. The molecular weight excluding hydrogens is 555 g/mol. The first kappa shape index (κ1) is 26.5. The van der Waals surface area contributed by atoms with Crippen molar-refractivity contribution in [2.45, 2.75) is 19.1 Å². The highest BCUT2D eigenvalue weighted by Gasteiger charge is 2.39. The lowest BCUT2D eigenvalue weighted by atomic mass is 9.93. The number of nitrogens with one attached hydrogen (secondary N) is 1. The fourth-order valence-electron chi connectivity index (χ4n) is 4.36. The lowest BCUT2D eigenvalue weighted by Crippen LogP contribution is -2.28. The van der Waals surface area contributed by atoms with Crippen molar-refractivity contribution in [3.05, 3.63) is 105 Å². The van der Waals surface area contributed by atoms with Crippen molar-refractivity contribution in [2.24, 2.45) is 0 Å². The monoisotopic (exact) mass is 571 g/mol. The van der Waals surface area contributed by atoms with Crippen LogP contribution in [0.2, 0.25) is 5.02 Å². The van der Waals surface area contributed by atoms with Crippen LogP contribution in [0.3, 0.4) is 0 Å². The number of carbonyl (C=O) groups is 3. The topological polar surface area (TPSA) is 103 Å². The number of fused-ring (bicyclic) bond motifs is 1. The number of allylic oxidation sites excluding steroid dienone is 1. The van der Waals surface area contributed by atoms with Crippen LogP contribution < -0.4 is 0 Å². The number of H-pyrrole nitrogens is 1. The molecule has 0 aliphatic carbocycles. The molecule has 2 amide bonds. The molecule has 2 N–H and O–H groups in total. The Balaban J connectivity index is 1.62. The van der Waals surface area contributed by atoms with Gasteiger partial charge in [-0.25, -0.2) is 4.79 Å². The molecule has 39 heavy (non-hydrogen) atoms. The molecule has 1 aliphatic rings. The number of aromatic amines is 1. The van der Waals surface area contributed by atoms with Crippen molar-refractivity contribution < 1.29 is 32.7 Å². The predicted molar refractivity (Wildman–Crippen MR) is 140 cm³/mol. The molecule has 0 saturated carbocycles. The second kappa shape index (κ2) is 10.2. The van der Waals surface area contributed by atoms with Crippen LogP contribution in [0.25, 0.3) is 16.5 Å². The van der Waals surface area contributed by atoms with Crippen molar-refractivity contribution >= 4 is 57.0 Å². The molecule has 4 aromatic rings. The van der Waals surface area contributed by atoms with E-state index in [-0.39, 0.29) is 45.2 Å². The maximum absolute atomic E-state index is 13.9. The number of alkyl halides is 3. The van der Waals surface area contributed by atoms with Crippen molar-refractivity contribution in [3.8, 4) is 0 Å². The molecule has 0 unspecified atom stereocenters. The van der Waals surface area contributed by atoms with Crippen LogP contribution >= 0.6 is 23.4 Å². The van der Waals surface area contributed by atoms with E-state index in [1.54, 1.807) is 24.3 Å². The van der Waals surface area contributed by atoms with Crippen LogP contribution in [0.15, 0.2) is 71.8 Å². The van der Waals surface area contributed by atoms with Crippen molar-refractivity contribution in [1.29, 1.82) is 0 Å². The number of thioether (sulfide) groups is 1. The molecule has 198 valence electrons. The van der Waals surface area contributed by atoms with Crippen molar-refractivity contribution in [2.75, 3.05) is 0 Å². The highest BCUT2D eigenvalue weighted by atomic mass is 35.5. The normalized spacial score (nSPS) is 15.3. The predicted octanol–water partition coefficient (Wildman–Crippen LogP) is 6.78. The van der Waals surface area contributed by atoms with Gasteiger partial charge in [-0.2, -0.15) is 18.3 Å². The summed E-state index contributed by atoms with van der Waals surface area (Å²) in [5.74, 6) is -1.94. The molecule has 0 bridgehead atoms. The average Bonchev–Trinajstić information content (AvgIpc) is 3.47. The van der Waals surface area contributed by atoms with E-state index in [0.717, 1.165) is 11.0 Å². The van der Waals surface area contributed by atoms with Crippen LogP contribution in [0.5, 0.6) is 0 Å². The first-order chi connectivity index (χ1) is 18.5. The molecule has 7 nitrogen and oxygen atoms in total. The van der Waals surface area contributed by atoms with Gasteiger partial charge in [-0.15, -0.1) is 0 Å². The second-order valence-corrected chi connectivity index (χ2v) is 10.1. The number of carboxylic acids is 1. The molecule has 1 fully saturated rings. The minimum Gasteiger partial charge on any atom is -0.478 e. The van der Waals surface area contributed by atoms with E-state index >= 15 is 0 Å². The summed E-state index contributed by atoms with van der Waals surface area (Å²) in [5, 5.41) is 16.1. The number of benzene rings is 3. The van der Waals surface area contributed by atoms with Gasteiger partial charge in [0.2, 0.25) is 0 Å². The van der Waals surface area contributed by atoms with Crippen LogP contribution in [0.4, 0.5) is 18.0 Å². The molecule has 0 atom stereocenters. The number of aromatic nitrogens is 2. The number of halogens is 4. The maximum atomic E-state index is 13.9. The van der Waals surface area contributed by atoms with Crippen molar-refractivity contribution in [3.63, 3.8) is 0 Å². The smallest absolute Gasteiger partial charge is 0.416 e. The minimum atomic E-state index is -4.71. The molecule has 2 heterocycles. The minimum absolute atomic E-state index is 0.0428. The summed E-state index contributed by atoms with van der Waals surface area (Å²) < 4.78 is 41.7. The fraction of sp³-hybridized carbons (Fsp3) is 0.111. The highest BCUT2D eigenvalue weighted by molar-refractivity contribution is 8.18. The largest absolute Gasteiger partial charge is 0.478 e. The van der Waals surface area contributed by atoms with Gasteiger partial charge in [0, 0.05) is 10.4 Å². The Bertz CT molecular complexity index is 1680. The van der Waals surface area contributed by atoms with Gasteiger partial charge in [0.15, 0.2) is 0 Å². The number of hydrogen-bond acceptors (Lipinski definition) is 5. The number of hydrogen-bond donors (Lipinski definition) is 2. The van der Waals surface area contributed by atoms with E-state index in [1.807, 2.05) is 0 Å². The van der Waals surface area contributed by atoms with Gasteiger partial charge in [-0.05, 0) is 70.8 Å². The summed E-state index contributed by atoms with van der Waals surface area (Å²) in [6.45, 7) is -0.306. The summed E-state index contributed by atoms with van der Waals surface area (Å²) >= 11 is 6.46. The maximum Gasteiger partial charge on any atom is 0.416 e. The molecule has 0 radical (unpaired) electrons. The zero-order chi connectivity index (χ0) is 27.9. The number of carbonyl (C=O) groups excluding carboxylic acids is 2. The fourth-order valence-corrected chi connectivity index (χ4v) is 5.47. The molecule has 0 spiro atoms. The zero-order valence-corrected chi connectivity index (χ0v) is 21.3. The lowest BCUT2D eigenvalue weighted by Gasteiger charge is -2.17. The number of amides is 2. The first-order valence-corrected chi connectivity index (χ1v) is 12.6. The van der Waals surface area contributed by atoms with E-state index in [4.69, 9.17) is 11.6 Å².